The summed E-state index contributed by atoms with van der Waals surface area (Å²) in [5.74, 6) is -1.56. The highest BCUT2D eigenvalue weighted by molar-refractivity contribution is 5.73. The first-order chi connectivity index (χ1) is 27.3. The van der Waals surface area contributed by atoms with E-state index in [4.69, 9.17) is 47.4 Å². The van der Waals surface area contributed by atoms with Crippen molar-refractivity contribution in [3.63, 3.8) is 0 Å². The smallest absolute Gasteiger partial charge is 0.335 e. The average Bonchev–Trinajstić information content (AvgIpc) is 3.19. The number of aliphatic hydroxyl groups excluding tert-OH is 15. The quantitative estimate of drug-likeness (QED) is 0.0771. The van der Waals surface area contributed by atoms with Crippen LogP contribution in [-0.4, -0.2) is 275 Å². The van der Waals surface area contributed by atoms with Crippen molar-refractivity contribution in [2.75, 3.05) is 33.5 Å². The van der Waals surface area contributed by atoms with Crippen LogP contribution < -0.4 is 0 Å². The zero-order chi connectivity index (χ0) is 42.9. The van der Waals surface area contributed by atoms with Gasteiger partial charge in [-0.25, -0.2) is 4.79 Å². The van der Waals surface area contributed by atoms with Crippen LogP contribution >= 0.6 is 0 Å². The molecule has 0 amide bonds. The van der Waals surface area contributed by atoms with Crippen molar-refractivity contribution in [1.82, 2.24) is 0 Å². The summed E-state index contributed by atoms with van der Waals surface area (Å²) in [5, 5.41) is 164. The fourth-order valence-electron chi connectivity index (χ4n) is 6.84. The second-order valence-electron chi connectivity index (χ2n) is 14.4. The molecule has 0 bridgehead atoms. The minimum absolute atomic E-state index is 0.676. The minimum Gasteiger partial charge on any atom is -0.479 e. The number of methoxy groups -OCH3 is 1. The molecular weight excluding hydrogens is 804 g/mol. The maximum Gasteiger partial charge on any atom is 0.335 e. The molecule has 5 rings (SSSR count). The molecular formula is C31H52O27. The number of aliphatic hydroxyl groups is 15. The molecule has 25 atom stereocenters. The first-order valence-electron chi connectivity index (χ1n) is 18.0. The van der Waals surface area contributed by atoms with Gasteiger partial charge in [0.05, 0.1) is 26.4 Å². The van der Waals surface area contributed by atoms with Gasteiger partial charge < -0.3 is 129 Å². The van der Waals surface area contributed by atoms with Crippen molar-refractivity contribution < 1.29 is 134 Å². The second kappa shape index (κ2) is 20.1. The van der Waals surface area contributed by atoms with Gasteiger partial charge in [-0.1, -0.05) is 0 Å². The van der Waals surface area contributed by atoms with E-state index in [0.29, 0.717) is 0 Å². The van der Waals surface area contributed by atoms with Gasteiger partial charge in [0.1, 0.15) is 116 Å². The Bertz CT molecular complexity index is 1300. The van der Waals surface area contributed by atoms with Crippen molar-refractivity contribution in [3.05, 3.63) is 0 Å². The summed E-state index contributed by atoms with van der Waals surface area (Å²) in [6.07, 6.45) is -44.9. The molecule has 5 heterocycles. The second-order valence-corrected chi connectivity index (χ2v) is 14.4. The van der Waals surface area contributed by atoms with Crippen LogP contribution in [0.2, 0.25) is 0 Å². The van der Waals surface area contributed by atoms with E-state index in [1.165, 1.54) is 0 Å². The maximum atomic E-state index is 11.6. The van der Waals surface area contributed by atoms with Crippen LogP contribution in [0.4, 0.5) is 0 Å². The number of carbonyl (C=O) groups is 1. The van der Waals surface area contributed by atoms with Gasteiger partial charge in [0, 0.05) is 7.11 Å². The molecule has 1 unspecified atom stereocenters. The molecule has 5 aliphatic heterocycles. The van der Waals surface area contributed by atoms with Crippen molar-refractivity contribution >= 4 is 5.97 Å². The molecule has 58 heavy (non-hydrogen) atoms. The predicted octanol–water partition coefficient (Wildman–Crippen LogP) is -11.2. The molecule has 16 N–H and O–H groups in total. The molecule has 0 aromatic rings. The van der Waals surface area contributed by atoms with E-state index in [-0.39, 0.29) is 0 Å². The van der Waals surface area contributed by atoms with Crippen LogP contribution in [0.3, 0.4) is 0 Å². The van der Waals surface area contributed by atoms with E-state index in [0.717, 1.165) is 7.11 Å². The Labute approximate surface area is 327 Å². The van der Waals surface area contributed by atoms with E-state index >= 15 is 0 Å². The first kappa shape index (κ1) is 47.5. The van der Waals surface area contributed by atoms with E-state index in [1.807, 2.05) is 0 Å². The standard InChI is InChI=1S/C31H52O27/c1-49-24-18(40)23(45)31(58-25(24)26(46)47)53-5-9-13(35)17(39)22(44)30(57-9)52-4-8-12(34)16(38)21(43)29(56-8)51-3-7-11(33)15(37)20(42)28(55-7)50-2-6-10(32)14(36)19(41)27(48)54-6/h6-25,27-45,48H,2-5H2,1H3,(H,46,47)/t6-,7-,8-,9-,10+,11+,12+,13+,14+,15+,16+,17+,18-,19-,20-,21-,22-,23-,24+,25+,27?,28-,29-,30-,31-/m1/s1. The van der Waals surface area contributed by atoms with E-state index < -0.39 is 186 Å². The Hall–Kier alpha value is -1.53. The van der Waals surface area contributed by atoms with Gasteiger partial charge in [-0.3, -0.25) is 0 Å². The monoisotopic (exact) mass is 856 g/mol. The van der Waals surface area contributed by atoms with E-state index in [1.54, 1.807) is 0 Å². The largest absolute Gasteiger partial charge is 0.479 e. The molecule has 27 nitrogen and oxygen atoms in total. The van der Waals surface area contributed by atoms with Gasteiger partial charge >= 0.3 is 5.97 Å². The molecule has 5 aliphatic rings. The molecule has 0 spiro atoms. The van der Waals surface area contributed by atoms with Gasteiger partial charge in [-0.05, 0) is 0 Å². The molecule has 27 heteroatoms. The van der Waals surface area contributed by atoms with Crippen LogP contribution in [0.5, 0.6) is 0 Å². The first-order valence-corrected chi connectivity index (χ1v) is 18.0. The summed E-state index contributed by atoms with van der Waals surface area (Å²) in [7, 11) is 1.08. The summed E-state index contributed by atoms with van der Waals surface area (Å²) in [5.41, 5.74) is 0. The number of ether oxygens (including phenoxy) is 10. The van der Waals surface area contributed by atoms with E-state index in [2.05, 4.69) is 0 Å². The van der Waals surface area contributed by atoms with Crippen molar-refractivity contribution in [3.8, 4) is 0 Å². The Kier molecular flexibility index (Phi) is 16.5. The van der Waals surface area contributed by atoms with Crippen molar-refractivity contribution in [2.24, 2.45) is 0 Å². The normalized spacial score (nSPS) is 51.7. The number of carboxylic acids is 1. The van der Waals surface area contributed by atoms with Gasteiger partial charge in [-0.2, -0.15) is 0 Å². The van der Waals surface area contributed by atoms with Crippen molar-refractivity contribution in [2.45, 2.75) is 154 Å². The SMILES string of the molecule is CO[C@H]1[C@H](O)[C@@H](O)[C@H](OC[C@H]2O[C@@H](OC[C@H]3O[C@@H](OC[C@H]4O[C@@H](OC[C@H]5OC(O)[C@H](O)[C@@H](O)[C@H]5O)[C@H](O)[C@@H](O)[C@H]4O)[C@H](O)[C@@H](O)[C@H]3O)[C@H](O)[C@@H](O)[C@H]2O)O[C@@H]1C(=O)O. The molecule has 0 aromatic carbocycles. The van der Waals surface area contributed by atoms with Crippen LogP contribution in [0, 0.1) is 0 Å². The zero-order valence-corrected chi connectivity index (χ0v) is 30.4. The predicted molar refractivity (Wildman–Crippen MR) is 172 cm³/mol. The molecule has 0 aliphatic carbocycles. The summed E-state index contributed by atoms with van der Waals surface area (Å²) in [4.78, 5) is 11.6. The fourth-order valence-corrected chi connectivity index (χ4v) is 6.84. The highest BCUT2D eigenvalue weighted by atomic mass is 16.8. The Morgan fingerprint density at radius 1 is 0.397 bits per heavy atom. The molecule has 5 fully saturated rings. The third kappa shape index (κ3) is 10.1. The van der Waals surface area contributed by atoms with Gasteiger partial charge in [0.15, 0.2) is 37.6 Å². The number of hydrogen-bond donors (Lipinski definition) is 16. The highest BCUT2D eigenvalue weighted by Gasteiger charge is 2.52. The Morgan fingerprint density at radius 3 is 1.02 bits per heavy atom. The molecule has 0 saturated carbocycles. The zero-order valence-electron chi connectivity index (χ0n) is 30.4. The van der Waals surface area contributed by atoms with E-state index in [9.17, 15) is 86.5 Å². The van der Waals surface area contributed by atoms with Crippen LogP contribution in [0.1, 0.15) is 0 Å². The highest BCUT2D eigenvalue weighted by Crippen LogP contribution is 2.30. The third-order valence-corrected chi connectivity index (χ3v) is 10.5. The molecule has 338 valence electrons. The minimum atomic E-state index is -1.98. The summed E-state index contributed by atoms with van der Waals surface area (Å²) >= 11 is 0. The van der Waals surface area contributed by atoms with Crippen molar-refractivity contribution in [1.29, 1.82) is 0 Å². The number of aliphatic carboxylic acids is 1. The topological polar surface area (TPSA) is 433 Å². The molecule has 0 radical (unpaired) electrons. The summed E-state index contributed by atoms with van der Waals surface area (Å²) < 4.78 is 53.3. The number of rotatable bonds is 14. The van der Waals surface area contributed by atoms with Gasteiger partial charge in [-0.15, -0.1) is 0 Å². The third-order valence-electron chi connectivity index (χ3n) is 10.5. The maximum absolute atomic E-state index is 11.6. The van der Waals surface area contributed by atoms with Crippen LogP contribution in [-0.2, 0) is 52.2 Å². The van der Waals surface area contributed by atoms with Crippen LogP contribution in [0.15, 0.2) is 0 Å². The number of carboxylic acid groups (broad SMARTS) is 1. The fraction of sp³-hybridized carbons (Fsp3) is 0.968. The summed E-state index contributed by atoms with van der Waals surface area (Å²) in [6.45, 7) is -2.94. The molecule has 5 saturated heterocycles. The van der Waals surface area contributed by atoms with Crippen LogP contribution in [0.25, 0.3) is 0 Å². The van der Waals surface area contributed by atoms with Gasteiger partial charge in [0.2, 0.25) is 0 Å². The summed E-state index contributed by atoms with van der Waals surface area (Å²) in [6, 6.07) is 0. The number of hydrogen-bond acceptors (Lipinski definition) is 26. The molecule has 0 aromatic heterocycles. The lowest BCUT2D eigenvalue weighted by molar-refractivity contribution is -0.349. The Balaban J connectivity index is 1.15. The average molecular weight is 857 g/mol. The lowest BCUT2D eigenvalue weighted by atomic mass is 9.97. The Morgan fingerprint density at radius 2 is 0.690 bits per heavy atom. The lowest BCUT2D eigenvalue weighted by Gasteiger charge is -2.44. The lowest BCUT2D eigenvalue weighted by Crippen LogP contribution is -2.63. The van der Waals surface area contributed by atoms with Gasteiger partial charge in [0.25, 0.3) is 0 Å².